The quantitative estimate of drug-likeness (QED) is 0.158. The fourth-order valence-electron chi connectivity index (χ4n) is 1.12. The van der Waals surface area contributed by atoms with Crippen LogP contribution < -0.4 is 0 Å². The highest BCUT2D eigenvalue weighted by molar-refractivity contribution is 7.52. The van der Waals surface area contributed by atoms with Crippen LogP contribution in [-0.2, 0) is 13.6 Å². The van der Waals surface area contributed by atoms with Crippen molar-refractivity contribution in [3.05, 3.63) is 0 Å². The first-order valence-corrected chi connectivity index (χ1v) is 11.7. The Morgan fingerprint density at radius 3 is 1.42 bits per heavy atom. The predicted octanol–water partition coefficient (Wildman–Crippen LogP) is -1.55. The summed E-state index contributed by atoms with van der Waals surface area (Å²) in [5, 5.41) is 0. The van der Waals surface area contributed by atoms with Crippen molar-refractivity contribution in [2.75, 3.05) is 19.9 Å². The summed E-state index contributed by atoms with van der Waals surface area (Å²) < 4.78 is 21.5. The number of hydrogen-bond donors (Lipinski definition) is 6. The summed E-state index contributed by atoms with van der Waals surface area (Å²) in [6, 6.07) is -0.443. The minimum Gasteiger partial charge on any atom is -0.390 e. The van der Waals surface area contributed by atoms with Crippen LogP contribution in [0.1, 0.15) is 12.8 Å². The zero-order valence-corrected chi connectivity index (χ0v) is 13.5. The van der Waals surface area contributed by atoms with Crippen molar-refractivity contribution in [2.45, 2.75) is 24.9 Å². The molecule has 12 heteroatoms. The summed E-state index contributed by atoms with van der Waals surface area (Å²) in [6.45, 7) is 1.09. The molecule has 0 rings (SSSR count). The van der Waals surface area contributed by atoms with Crippen LogP contribution in [0.3, 0.4) is 0 Å². The average molecular weight is 336 g/mol. The molecule has 6 N–H and O–H groups in total. The van der Waals surface area contributed by atoms with Gasteiger partial charge in [-0.15, -0.1) is 0 Å². The smallest absolute Gasteiger partial charge is 0.390 e. The molecule has 9 nitrogen and oxygen atoms in total. The Bertz CT molecular complexity index is 274. The Hall–Kier alpha value is 0.344. The van der Waals surface area contributed by atoms with E-state index in [1.54, 1.807) is 0 Å². The molecular weight excluding hydrogens is 315 g/mol. The first-order valence-electron chi connectivity index (χ1n) is 5.62. The third-order valence-corrected chi connectivity index (χ3v) is 5.32. The van der Waals surface area contributed by atoms with Crippen molar-refractivity contribution < 1.29 is 42.4 Å². The van der Waals surface area contributed by atoms with Gasteiger partial charge in [0.05, 0.1) is 13.2 Å². The van der Waals surface area contributed by atoms with E-state index in [9.17, 15) is 4.57 Å². The van der Waals surface area contributed by atoms with E-state index in [0.717, 1.165) is 0 Å². The topological polar surface area (TPSA) is 157 Å². The molecule has 0 spiro atoms. The second-order valence-electron chi connectivity index (χ2n) is 4.19. The van der Waals surface area contributed by atoms with Crippen molar-refractivity contribution in [1.29, 1.82) is 0 Å². The van der Waals surface area contributed by atoms with Crippen LogP contribution in [-0.4, -0.2) is 66.3 Å². The molecule has 0 atom stereocenters. The van der Waals surface area contributed by atoms with Gasteiger partial charge >= 0.3 is 25.2 Å². The van der Waals surface area contributed by atoms with Gasteiger partial charge in [-0.3, -0.25) is 4.57 Å². The maximum atomic E-state index is 11.7. The van der Waals surface area contributed by atoms with E-state index in [-0.39, 0.29) is 38.1 Å². The van der Waals surface area contributed by atoms with Gasteiger partial charge in [-0.1, -0.05) is 0 Å². The molecule has 0 bridgehead atoms. The van der Waals surface area contributed by atoms with Crippen LogP contribution in [0.15, 0.2) is 0 Å². The van der Waals surface area contributed by atoms with Gasteiger partial charge in [-0.25, -0.2) is 0 Å². The molecule has 0 unspecified atom stereocenters. The second-order valence-corrected chi connectivity index (χ2v) is 10.3. The van der Waals surface area contributed by atoms with Gasteiger partial charge in [0.15, 0.2) is 0 Å². The van der Waals surface area contributed by atoms with Crippen molar-refractivity contribution in [3.63, 3.8) is 0 Å². The third-order valence-electron chi connectivity index (χ3n) is 1.96. The number of rotatable bonds is 10. The van der Waals surface area contributed by atoms with Gasteiger partial charge in [0, 0.05) is 18.8 Å². The van der Waals surface area contributed by atoms with Crippen molar-refractivity contribution in [2.24, 2.45) is 0 Å². The first-order chi connectivity index (χ1) is 8.41. The van der Waals surface area contributed by atoms with Gasteiger partial charge in [0.2, 0.25) is 0 Å². The van der Waals surface area contributed by atoms with Crippen LogP contribution in [0, 0.1) is 0 Å². The minimum atomic E-state index is -4.09. The van der Waals surface area contributed by atoms with E-state index >= 15 is 0 Å². The molecule has 0 radical (unpaired) electrons. The fraction of sp³-hybridized carbons (Fsp3) is 1.00. The zero-order valence-electron chi connectivity index (χ0n) is 10.6. The number of hydrogen-bond acceptors (Lipinski definition) is 9. The summed E-state index contributed by atoms with van der Waals surface area (Å²) in [6.07, 6.45) is 0.244. The van der Waals surface area contributed by atoms with Gasteiger partial charge in [-0.05, 0) is 12.8 Å². The van der Waals surface area contributed by atoms with E-state index < -0.39 is 25.2 Å². The van der Waals surface area contributed by atoms with Gasteiger partial charge in [-0.2, -0.15) is 0 Å². The molecular formula is C7H21O9PSi2. The highest BCUT2D eigenvalue weighted by Gasteiger charge is 2.28. The van der Waals surface area contributed by atoms with Gasteiger partial charge < -0.3 is 37.8 Å². The Morgan fingerprint density at radius 2 is 1.16 bits per heavy atom. The largest absolute Gasteiger partial charge is 0.492 e. The summed E-state index contributed by atoms with van der Waals surface area (Å²) in [5.74, 6) is 0. The molecule has 0 aliphatic heterocycles. The van der Waals surface area contributed by atoms with E-state index in [2.05, 4.69) is 0 Å². The molecule has 0 heterocycles. The van der Waals surface area contributed by atoms with E-state index in [0.29, 0.717) is 0 Å². The maximum Gasteiger partial charge on any atom is 0.492 e. The van der Waals surface area contributed by atoms with Gasteiger partial charge in [0.25, 0.3) is 0 Å². The van der Waals surface area contributed by atoms with Crippen molar-refractivity contribution in [3.8, 4) is 0 Å². The summed E-state index contributed by atoms with van der Waals surface area (Å²) in [4.78, 5) is 52.3. The van der Waals surface area contributed by atoms with Gasteiger partial charge in [0.1, 0.15) is 0 Å². The molecule has 19 heavy (non-hydrogen) atoms. The molecule has 0 aliphatic rings. The first kappa shape index (κ1) is 19.3. The van der Waals surface area contributed by atoms with E-state index in [1.165, 1.54) is 6.66 Å². The molecule has 0 aliphatic carbocycles. The lowest BCUT2D eigenvalue weighted by Crippen LogP contribution is -2.34. The van der Waals surface area contributed by atoms with Crippen LogP contribution in [0.2, 0.25) is 12.1 Å². The predicted molar refractivity (Wildman–Crippen MR) is 69.1 cm³/mol. The standard InChI is InChI=1S/C7H21O9PSi2/c1-17(8,15-4-2-6-18(9,10)11)16-5-3-7-19(12,13)14/h9-14H,2-7H2,1H3. The highest BCUT2D eigenvalue weighted by Crippen LogP contribution is 2.44. The summed E-state index contributed by atoms with van der Waals surface area (Å²) >= 11 is 0. The monoisotopic (exact) mass is 336 g/mol. The van der Waals surface area contributed by atoms with Crippen molar-refractivity contribution in [1.82, 2.24) is 0 Å². The molecule has 116 valence electrons. The lowest BCUT2D eigenvalue weighted by Gasteiger charge is -2.15. The van der Waals surface area contributed by atoms with Crippen LogP contribution in [0.4, 0.5) is 0 Å². The molecule has 0 aromatic rings. The SMILES string of the molecule is CP(=O)(OCCC[Si](O)(O)O)OCCC[Si](O)(O)O. The molecule has 0 fully saturated rings. The normalized spacial score (nSPS) is 13.8. The van der Waals surface area contributed by atoms with Crippen LogP contribution in [0.5, 0.6) is 0 Å². The molecule has 0 aromatic carbocycles. The minimum absolute atomic E-state index is 0.0666. The summed E-state index contributed by atoms with van der Waals surface area (Å²) in [7, 11) is -11.5. The fourth-order valence-corrected chi connectivity index (χ4v) is 3.35. The highest BCUT2D eigenvalue weighted by atomic mass is 31.2. The molecule has 0 saturated heterocycles. The second kappa shape index (κ2) is 7.95. The van der Waals surface area contributed by atoms with E-state index in [1.807, 2.05) is 0 Å². The average Bonchev–Trinajstić information content (AvgIpc) is 2.17. The Labute approximate surface area is 113 Å². The third kappa shape index (κ3) is 14.6. The van der Waals surface area contributed by atoms with Crippen LogP contribution >= 0.6 is 7.60 Å². The van der Waals surface area contributed by atoms with E-state index in [4.69, 9.17) is 37.8 Å². The molecule has 0 amide bonds. The molecule has 0 aromatic heterocycles. The summed E-state index contributed by atoms with van der Waals surface area (Å²) in [5.41, 5.74) is 0. The Morgan fingerprint density at radius 1 is 0.842 bits per heavy atom. The Kier molecular flexibility index (Phi) is 8.09. The zero-order chi connectivity index (χ0) is 15.2. The lowest BCUT2D eigenvalue weighted by molar-refractivity contribution is 0.190. The molecule has 0 saturated carbocycles. The maximum absolute atomic E-state index is 11.7. The van der Waals surface area contributed by atoms with Crippen molar-refractivity contribution >= 4 is 25.2 Å². The Balaban J connectivity index is 3.72. The lowest BCUT2D eigenvalue weighted by atomic mass is 10.5. The van der Waals surface area contributed by atoms with Crippen LogP contribution in [0.25, 0.3) is 0 Å².